The van der Waals surface area contributed by atoms with Crippen molar-refractivity contribution >= 4 is 38.4 Å². The van der Waals surface area contributed by atoms with E-state index in [-0.39, 0.29) is 0 Å². The van der Waals surface area contributed by atoms with Crippen molar-refractivity contribution < 1.29 is 0 Å². The maximum absolute atomic E-state index is 6.13. The molecule has 0 unspecified atom stereocenters. The van der Waals surface area contributed by atoms with Gasteiger partial charge in [0.05, 0.1) is 6.54 Å². The van der Waals surface area contributed by atoms with Gasteiger partial charge in [0.2, 0.25) is 0 Å². The van der Waals surface area contributed by atoms with E-state index < -0.39 is 0 Å². The van der Waals surface area contributed by atoms with Crippen molar-refractivity contribution in [2.24, 2.45) is 10.7 Å². The third-order valence-electron chi connectivity index (χ3n) is 3.61. The first-order valence-electron chi connectivity index (χ1n) is 7.16. The van der Waals surface area contributed by atoms with Gasteiger partial charge in [-0.1, -0.05) is 28.1 Å². The second-order valence-electron chi connectivity index (χ2n) is 5.09. The second-order valence-corrected chi connectivity index (χ2v) is 6.88. The molecule has 0 radical (unpaired) electrons. The summed E-state index contributed by atoms with van der Waals surface area (Å²) in [5, 5.41) is 3.10. The van der Waals surface area contributed by atoms with Gasteiger partial charge in [-0.25, -0.2) is 9.98 Å². The summed E-state index contributed by atoms with van der Waals surface area (Å²) in [6, 6.07) is 8.14. The monoisotopic (exact) mass is 379 g/mol. The molecular weight excluding hydrogens is 362 g/mol. The molecule has 1 aromatic heterocycles. The van der Waals surface area contributed by atoms with E-state index in [9.17, 15) is 0 Å². The van der Waals surface area contributed by atoms with Crippen LogP contribution in [0.25, 0.3) is 0 Å². The van der Waals surface area contributed by atoms with Crippen molar-refractivity contribution in [3.05, 3.63) is 45.9 Å². The van der Waals surface area contributed by atoms with Crippen LogP contribution >= 0.6 is 27.3 Å². The highest BCUT2D eigenvalue weighted by Gasteiger charge is 2.19. The first-order valence-corrected chi connectivity index (χ1v) is 8.83. The number of guanidine groups is 1. The number of aliphatic imine (C=N–C) groups is 1. The number of piperazine rings is 1. The van der Waals surface area contributed by atoms with Crippen molar-refractivity contribution in [3.63, 3.8) is 0 Å². The Balaban J connectivity index is 1.55. The zero-order valence-electron chi connectivity index (χ0n) is 12.2. The number of halogens is 1. The molecule has 0 aliphatic carbocycles. The molecule has 2 aromatic rings. The van der Waals surface area contributed by atoms with Crippen molar-refractivity contribution in [1.29, 1.82) is 0 Å². The van der Waals surface area contributed by atoms with Gasteiger partial charge in [0.15, 0.2) is 11.1 Å². The Kier molecular flexibility index (Phi) is 4.94. The summed E-state index contributed by atoms with van der Waals surface area (Å²) in [6.07, 6.45) is 1.85. The number of nitrogens with zero attached hydrogens (tertiary/aromatic N) is 4. The van der Waals surface area contributed by atoms with Gasteiger partial charge in [-0.05, 0) is 17.7 Å². The Hall–Kier alpha value is -1.60. The molecule has 1 saturated heterocycles. The zero-order chi connectivity index (χ0) is 15.4. The molecule has 2 heterocycles. The SMILES string of the molecule is NC(=NCc1cccc(Br)c1)N1CCN(c2nccs2)CC1. The highest BCUT2D eigenvalue weighted by Crippen LogP contribution is 2.19. The molecule has 3 rings (SSSR count). The fourth-order valence-electron chi connectivity index (χ4n) is 2.41. The van der Waals surface area contributed by atoms with Gasteiger partial charge in [-0.15, -0.1) is 11.3 Å². The number of benzene rings is 1. The van der Waals surface area contributed by atoms with E-state index in [0.29, 0.717) is 12.5 Å². The molecule has 7 heteroatoms. The molecule has 0 amide bonds. The normalized spacial score (nSPS) is 16.1. The zero-order valence-corrected chi connectivity index (χ0v) is 14.6. The Labute approximate surface area is 142 Å². The van der Waals surface area contributed by atoms with Crippen LogP contribution in [0.1, 0.15) is 5.56 Å². The molecule has 22 heavy (non-hydrogen) atoms. The Morgan fingerprint density at radius 1 is 1.32 bits per heavy atom. The van der Waals surface area contributed by atoms with Crippen LogP contribution in [-0.2, 0) is 6.54 Å². The molecule has 1 fully saturated rings. The number of thiazole rings is 1. The van der Waals surface area contributed by atoms with Crippen LogP contribution in [0.15, 0.2) is 45.3 Å². The van der Waals surface area contributed by atoms with E-state index in [2.05, 4.69) is 47.8 Å². The predicted molar refractivity (Wildman–Crippen MR) is 95.4 cm³/mol. The number of anilines is 1. The third kappa shape index (κ3) is 3.78. The Morgan fingerprint density at radius 3 is 2.82 bits per heavy atom. The van der Waals surface area contributed by atoms with Gasteiger partial charge in [-0.2, -0.15) is 0 Å². The summed E-state index contributed by atoms with van der Waals surface area (Å²) in [5.41, 5.74) is 7.28. The summed E-state index contributed by atoms with van der Waals surface area (Å²) in [6.45, 7) is 4.24. The molecule has 116 valence electrons. The molecule has 0 atom stereocenters. The van der Waals surface area contributed by atoms with Crippen LogP contribution in [0.4, 0.5) is 5.13 Å². The summed E-state index contributed by atoms with van der Waals surface area (Å²) >= 11 is 5.15. The standard InChI is InChI=1S/C15H18BrN5S/c16-13-3-1-2-12(10-13)11-19-14(17)20-5-7-21(8-6-20)15-18-4-9-22-15/h1-4,9-10H,5-8,11H2,(H2,17,19). The van der Waals surface area contributed by atoms with Crippen LogP contribution in [0.3, 0.4) is 0 Å². The quantitative estimate of drug-likeness (QED) is 0.657. The van der Waals surface area contributed by atoms with E-state index in [0.717, 1.165) is 41.3 Å². The van der Waals surface area contributed by atoms with E-state index in [1.807, 2.05) is 23.7 Å². The summed E-state index contributed by atoms with van der Waals surface area (Å²) in [5.74, 6) is 0.624. The third-order valence-corrected chi connectivity index (χ3v) is 4.93. The first kappa shape index (κ1) is 15.3. The molecule has 0 saturated carbocycles. The number of nitrogens with two attached hydrogens (primary N) is 1. The fraction of sp³-hybridized carbons (Fsp3) is 0.333. The number of hydrogen-bond donors (Lipinski definition) is 1. The van der Waals surface area contributed by atoms with E-state index in [4.69, 9.17) is 5.73 Å². The molecule has 1 aromatic carbocycles. The Morgan fingerprint density at radius 2 is 2.14 bits per heavy atom. The van der Waals surface area contributed by atoms with Crippen LogP contribution in [0, 0.1) is 0 Å². The van der Waals surface area contributed by atoms with Gasteiger partial charge < -0.3 is 15.5 Å². The van der Waals surface area contributed by atoms with Gasteiger partial charge in [0, 0.05) is 42.2 Å². The Bertz CT molecular complexity index is 635. The minimum atomic E-state index is 0.609. The van der Waals surface area contributed by atoms with Crippen LogP contribution in [0.2, 0.25) is 0 Å². The summed E-state index contributed by atoms with van der Waals surface area (Å²) in [4.78, 5) is 13.3. The van der Waals surface area contributed by atoms with E-state index in [1.165, 1.54) is 0 Å². The largest absolute Gasteiger partial charge is 0.370 e. The molecule has 5 nitrogen and oxygen atoms in total. The lowest BCUT2D eigenvalue weighted by molar-refractivity contribution is 0.380. The predicted octanol–water partition coefficient (Wildman–Crippen LogP) is 2.54. The van der Waals surface area contributed by atoms with Crippen molar-refractivity contribution in [2.75, 3.05) is 31.1 Å². The highest BCUT2D eigenvalue weighted by molar-refractivity contribution is 9.10. The number of aromatic nitrogens is 1. The topological polar surface area (TPSA) is 57.8 Å². The average Bonchev–Trinajstić information content (AvgIpc) is 3.07. The van der Waals surface area contributed by atoms with Gasteiger partial charge in [0.1, 0.15) is 0 Å². The lowest BCUT2D eigenvalue weighted by Gasteiger charge is -2.35. The lowest BCUT2D eigenvalue weighted by atomic mass is 10.2. The highest BCUT2D eigenvalue weighted by atomic mass is 79.9. The molecule has 2 N–H and O–H groups in total. The lowest BCUT2D eigenvalue weighted by Crippen LogP contribution is -2.51. The van der Waals surface area contributed by atoms with Crippen molar-refractivity contribution in [2.45, 2.75) is 6.54 Å². The van der Waals surface area contributed by atoms with Crippen LogP contribution in [0.5, 0.6) is 0 Å². The summed E-state index contributed by atoms with van der Waals surface area (Å²) < 4.78 is 1.07. The molecular formula is C15H18BrN5S. The minimum Gasteiger partial charge on any atom is -0.370 e. The molecule has 1 aliphatic rings. The van der Waals surface area contributed by atoms with Crippen molar-refractivity contribution in [1.82, 2.24) is 9.88 Å². The molecule has 0 spiro atoms. The van der Waals surface area contributed by atoms with Gasteiger partial charge in [0.25, 0.3) is 0 Å². The molecule has 0 bridgehead atoms. The number of hydrogen-bond acceptors (Lipinski definition) is 4. The fourth-order valence-corrected chi connectivity index (χ4v) is 3.55. The summed E-state index contributed by atoms with van der Waals surface area (Å²) in [7, 11) is 0. The van der Waals surface area contributed by atoms with Crippen LogP contribution < -0.4 is 10.6 Å². The van der Waals surface area contributed by atoms with E-state index in [1.54, 1.807) is 11.3 Å². The van der Waals surface area contributed by atoms with Crippen LogP contribution in [-0.4, -0.2) is 42.0 Å². The first-order chi connectivity index (χ1) is 10.7. The average molecular weight is 380 g/mol. The smallest absolute Gasteiger partial charge is 0.191 e. The maximum atomic E-state index is 6.13. The van der Waals surface area contributed by atoms with Crippen molar-refractivity contribution in [3.8, 4) is 0 Å². The van der Waals surface area contributed by atoms with Gasteiger partial charge in [-0.3, -0.25) is 0 Å². The van der Waals surface area contributed by atoms with Gasteiger partial charge >= 0.3 is 0 Å². The molecule has 1 aliphatic heterocycles. The van der Waals surface area contributed by atoms with E-state index >= 15 is 0 Å². The second kappa shape index (κ2) is 7.11. The number of rotatable bonds is 3. The minimum absolute atomic E-state index is 0.609. The maximum Gasteiger partial charge on any atom is 0.191 e.